The summed E-state index contributed by atoms with van der Waals surface area (Å²) in [6.45, 7) is 5.16. The van der Waals surface area contributed by atoms with Crippen LogP contribution in [0.3, 0.4) is 0 Å². The Bertz CT molecular complexity index is 413. The number of hydrogen-bond acceptors (Lipinski definition) is 3. The van der Waals surface area contributed by atoms with E-state index >= 15 is 0 Å². The average molecular weight is 262 g/mol. The van der Waals surface area contributed by atoms with Crippen LogP contribution in [0, 0.1) is 12.8 Å². The zero-order valence-corrected chi connectivity index (χ0v) is 11.7. The van der Waals surface area contributed by atoms with Crippen molar-refractivity contribution >= 4 is 5.91 Å². The molecule has 104 valence electrons. The summed E-state index contributed by atoms with van der Waals surface area (Å²) in [6, 6.07) is 7.95. The zero-order chi connectivity index (χ0) is 13.7. The molecule has 1 saturated heterocycles. The van der Waals surface area contributed by atoms with Gasteiger partial charge in [0.05, 0.1) is 6.54 Å². The summed E-state index contributed by atoms with van der Waals surface area (Å²) < 4.78 is 5.62. The van der Waals surface area contributed by atoms with Gasteiger partial charge in [-0.15, -0.1) is 0 Å². The Morgan fingerprint density at radius 2 is 2.05 bits per heavy atom. The molecule has 0 atom stereocenters. The van der Waals surface area contributed by atoms with Crippen LogP contribution in [-0.4, -0.2) is 44.1 Å². The number of amides is 1. The van der Waals surface area contributed by atoms with Crippen molar-refractivity contribution in [2.45, 2.75) is 13.3 Å². The van der Waals surface area contributed by atoms with Gasteiger partial charge in [0.15, 0.2) is 0 Å². The normalized spacial score (nSPS) is 14.8. The quantitative estimate of drug-likeness (QED) is 0.843. The molecule has 1 aromatic rings. The maximum atomic E-state index is 11.9. The molecule has 0 unspecified atom stereocenters. The number of hydrogen-bond donors (Lipinski definition) is 1. The van der Waals surface area contributed by atoms with Gasteiger partial charge < -0.3 is 15.0 Å². The van der Waals surface area contributed by atoms with E-state index in [9.17, 15) is 4.79 Å². The molecular weight excluding hydrogens is 240 g/mol. The molecule has 1 heterocycles. The summed E-state index contributed by atoms with van der Waals surface area (Å²) >= 11 is 0. The van der Waals surface area contributed by atoms with E-state index in [4.69, 9.17) is 4.74 Å². The fourth-order valence-corrected chi connectivity index (χ4v) is 1.96. The van der Waals surface area contributed by atoms with Crippen molar-refractivity contribution in [1.82, 2.24) is 10.2 Å². The Hall–Kier alpha value is -1.55. The number of benzene rings is 1. The van der Waals surface area contributed by atoms with Crippen molar-refractivity contribution in [2.75, 3.05) is 33.3 Å². The number of ether oxygens (including phenoxy) is 1. The smallest absolute Gasteiger partial charge is 0.222 e. The van der Waals surface area contributed by atoms with Gasteiger partial charge in [-0.2, -0.15) is 0 Å². The Morgan fingerprint density at radius 1 is 1.37 bits per heavy atom. The summed E-state index contributed by atoms with van der Waals surface area (Å²) in [6.07, 6.45) is 0.647. The van der Waals surface area contributed by atoms with Gasteiger partial charge in [-0.05, 0) is 38.1 Å². The van der Waals surface area contributed by atoms with Crippen LogP contribution in [0.5, 0.6) is 5.75 Å². The summed E-state index contributed by atoms with van der Waals surface area (Å²) in [4.78, 5) is 13.6. The first kappa shape index (κ1) is 13.9. The second-order valence-electron chi connectivity index (χ2n) is 5.21. The molecule has 0 aliphatic carbocycles. The van der Waals surface area contributed by atoms with Crippen molar-refractivity contribution in [3.8, 4) is 5.75 Å². The minimum absolute atomic E-state index is 0.207. The monoisotopic (exact) mass is 262 g/mol. The number of carbonyl (C=O) groups is 1. The molecule has 0 aromatic heterocycles. The van der Waals surface area contributed by atoms with Gasteiger partial charge in [0.2, 0.25) is 5.91 Å². The van der Waals surface area contributed by atoms with Crippen molar-refractivity contribution in [1.29, 1.82) is 0 Å². The highest BCUT2D eigenvalue weighted by molar-refractivity contribution is 5.76. The summed E-state index contributed by atoms with van der Waals surface area (Å²) in [5.41, 5.74) is 1.22. The van der Waals surface area contributed by atoms with Gasteiger partial charge in [0.1, 0.15) is 12.4 Å². The Labute approximate surface area is 114 Å². The lowest BCUT2D eigenvalue weighted by Crippen LogP contribution is -2.45. The third-order valence-corrected chi connectivity index (χ3v) is 3.47. The predicted octanol–water partition coefficient (Wildman–Crippen LogP) is 1.44. The van der Waals surface area contributed by atoms with Crippen molar-refractivity contribution < 1.29 is 9.53 Å². The first-order valence-corrected chi connectivity index (χ1v) is 6.79. The first-order chi connectivity index (χ1) is 9.15. The van der Waals surface area contributed by atoms with Crippen LogP contribution in [0.1, 0.15) is 12.0 Å². The molecule has 1 fully saturated rings. The SMILES string of the molecule is Cc1ccc(OCCN(C)C(=O)CC2CNC2)cc1. The van der Waals surface area contributed by atoms with Crippen LogP contribution in [0.15, 0.2) is 24.3 Å². The Balaban J connectivity index is 1.66. The minimum atomic E-state index is 0.207. The van der Waals surface area contributed by atoms with E-state index in [2.05, 4.69) is 5.32 Å². The highest BCUT2D eigenvalue weighted by atomic mass is 16.5. The summed E-state index contributed by atoms with van der Waals surface area (Å²) in [5, 5.41) is 3.18. The lowest BCUT2D eigenvalue weighted by atomic mass is 9.99. The number of aryl methyl sites for hydroxylation is 1. The fraction of sp³-hybridized carbons (Fsp3) is 0.533. The van der Waals surface area contributed by atoms with E-state index in [-0.39, 0.29) is 5.91 Å². The standard InChI is InChI=1S/C15H22N2O2/c1-12-3-5-14(6-4-12)19-8-7-17(2)15(18)9-13-10-16-11-13/h3-6,13,16H,7-11H2,1-2H3. The molecule has 1 aliphatic heterocycles. The highest BCUT2D eigenvalue weighted by Crippen LogP contribution is 2.12. The van der Waals surface area contributed by atoms with E-state index in [1.807, 2.05) is 38.2 Å². The molecule has 4 heteroatoms. The van der Waals surface area contributed by atoms with Gasteiger partial charge in [0, 0.05) is 13.5 Å². The Kier molecular flexibility index (Phi) is 4.80. The zero-order valence-electron chi connectivity index (χ0n) is 11.7. The molecule has 0 saturated carbocycles. The van der Waals surface area contributed by atoms with E-state index in [1.165, 1.54) is 5.56 Å². The second-order valence-corrected chi connectivity index (χ2v) is 5.21. The second kappa shape index (κ2) is 6.57. The molecule has 0 spiro atoms. The largest absolute Gasteiger partial charge is 0.492 e. The topological polar surface area (TPSA) is 41.6 Å². The third-order valence-electron chi connectivity index (χ3n) is 3.47. The fourth-order valence-electron chi connectivity index (χ4n) is 1.96. The van der Waals surface area contributed by atoms with Crippen LogP contribution in [0.25, 0.3) is 0 Å². The van der Waals surface area contributed by atoms with Crippen molar-refractivity contribution in [2.24, 2.45) is 5.92 Å². The van der Waals surface area contributed by atoms with E-state index < -0.39 is 0 Å². The molecule has 1 aromatic carbocycles. The van der Waals surface area contributed by atoms with E-state index in [0.29, 0.717) is 25.5 Å². The summed E-state index contributed by atoms with van der Waals surface area (Å²) in [5.74, 6) is 1.58. The number of nitrogens with zero attached hydrogens (tertiary/aromatic N) is 1. The average Bonchev–Trinajstić information content (AvgIpc) is 2.36. The van der Waals surface area contributed by atoms with Crippen LogP contribution in [0.2, 0.25) is 0 Å². The molecule has 1 amide bonds. The molecule has 19 heavy (non-hydrogen) atoms. The van der Waals surface area contributed by atoms with Crippen LogP contribution in [-0.2, 0) is 4.79 Å². The third kappa shape index (κ3) is 4.24. The lowest BCUT2D eigenvalue weighted by Gasteiger charge is -2.28. The van der Waals surface area contributed by atoms with Gasteiger partial charge in [-0.1, -0.05) is 17.7 Å². The Morgan fingerprint density at radius 3 is 2.63 bits per heavy atom. The number of likely N-dealkylation sites (N-methyl/N-ethyl adjacent to an activating group) is 1. The van der Waals surface area contributed by atoms with Crippen LogP contribution in [0.4, 0.5) is 0 Å². The highest BCUT2D eigenvalue weighted by Gasteiger charge is 2.21. The summed E-state index contributed by atoms with van der Waals surface area (Å²) in [7, 11) is 1.84. The number of nitrogens with one attached hydrogen (secondary N) is 1. The predicted molar refractivity (Wildman–Crippen MR) is 75.3 cm³/mol. The lowest BCUT2D eigenvalue weighted by molar-refractivity contribution is -0.131. The van der Waals surface area contributed by atoms with E-state index in [0.717, 1.165) is 18.8 Å². The van der Waals surface area contributed by atoms with Crippen molar-refractivity contribution in [3.63, 3.8) is 0 Å². The van der Waals surface area contributed by atoms with Crippen LogP contribution >= 0.6 is 0 Å². The number of rotatable bonds is 6. The van der Waals surface area contributed by atoms with Gasteiger partial charge >= 0.3 is 0 Å². The molecule has 0 radical (unpaired) electrons. The minimum Gasteiger partial charge on any atom is -0.492 e. The molecule has 1 N–H and O–H groups in total. The number of carbonyl (C=O) groups excluding carboxylic acids is 1. The maximum Gasteiger partial charge on any atom is 0.222 e. The van der Waals surface area contributed by atoms with Gasteiger partial charge in [0.25, 0.3) is 0 Å². The first-order valence-electron chi connectivity index (χ1n) is 6.79. The molecule has 1 aliphatic rings. The maximum absolute atomic E-state index is 11.9. The molecule has 0 bridgehead atoms. The van der Waals surface area contributed by atoms with Gasteiger partial charge in [-0.3, -0.25) is 4.79 Å². The van der Waals surface area contributed by atoms with Gasteiger partial charge in [-0.25, -0.2) is 0 Å². The van der Waals surface area contributed by atoms with E-state index in [1.54, 1.807) is 4.90 Å². The molecule has 2 rings (SSSR count). The van der Waals surface area contributed by atoms with Crippen molar-refractivity contribution in [3.05, 3.63) is 29.8 Å². The molecule has 4 nitrogen and oxygen atoms in total. The molecular formula is C15H22N2O2. The van der Waals surface area contributed by atoms with Crippen LogP contribution < -0.4 is 10.1 Å².